The van der Waals surface area contributed by atoms with Gasteiger partial charge in [0.2, 0.25) is 0 Å². The molecule has 0 bridgehead atoms. The lowest BCUT2D eigenvalue weighted by atomic mass is 10.1. The zero-order valence-corrected chi connectivity index (χ0v) is 20.1. The number of amidine groups is 1. The van der Waals surface area contributed by atoms with Crippen molar-refractivity contribution < 1.29 is 18.7 Å². The number of nitrogens with zero attached hydrogens (tertiary/aromatic N) is 1. The molecule has 0 unspecified atom stereocenters. The van der Waals surface area contributed by atoms with Crippen molar-refractivity contribution in [2.24, 2.45) is 4.99 Å². The normalized spacial score (nSPS) is 15.7. The minimum atomic E-state index is -0.312. The molecule has 0 aromatic heterocycles. The number of carbonyl (C=O) groups is 1. The van der Waals surface area contributed by atoms with Crippen LogP contribution in [0.2, 0.25) is 0 Å². The van der Waals surface area contributed by atoms with Gasteiger partial charge in [0.25, 0.3) is 5.91 Å². The SMILES string of the molecule is CCOc1ccc(N=C2NC(=O)/C(=C\c3cc(Br)ccc3OCc3cccc(F)c3)S2)cc1. The summed E-state index contributed by atoms with van der Waals surface area (Å²) in [5.74, 6) is 0.805. The third kappa shape index (κ3) is 6.24. The van der Waals surface area contributed by atoms with E-state index in [1.807, 2.05) is 49.4 Å². The van der Waals surface area contributed by atoms with Crippen molar-refractivity contribution in [1.29, 1.82) is 0 Å². The molecule has 168 valence electrons. The van der Waals surface area contributed by atoms with Gasteiger partial charge in [-0.3, -0.25) is 4.79 Å². The van der Waals surface area contributed by atoms with E-state index in [9.17, 15) is 9.18 Å². The lowest BCUT2D eigenvalue weighted by molar-refractivity contribution is -0.115. The van der Waals surface area contributed by atoms with Crippen molar-refractivity contribution in [3.8, 4) is 11.5 Å². The van der Waals surface area contributed by atoms with Gasteiger partial charge in [-0.15, -0.1) is 0 Å². The van der Waals surface area contributed by atoms with E-state index in [1.165, 1.54) is 23.9 Å². The van der Waals surface area contributed by atoms with Crippen LogP contribution in [0, 0.1) is 5.82 Å². The van der Waals surface area contributed by atoms with Crippen molar-refractivity contribution in [2.45, 2.75) is 13.5 Å². The topological polar surface area (TPSA) is 59.9 Å². The minimum Gasteiger partial charge on any atom is -0.494 e. The first-order chi connectivity index (χ1) is 16.0. The van der Waals surface area contributed by atoms with Gasteiger partial charge in [0.05, 0.1) is 17.2 Å². The summed E-state index contributed by atoms with van der Waals surface area (Å²) in [6.07, 6.45) is 1.76. The number of ether oxygens (including phenoxy) is 2. The molecule has 4 rings (SSSR count). The molecular weight excluding hydrogens is 507 g/mol. The molecule has 1 heterocycles. The molecule has 3 aromatic carbocycles. The van der Waals surface area contributed by atoms with Crippen LogP contribution in [0.15, 0.2) is 81.1 Å². The van der Waals surface area contributed by atoms with Crippen LogP contribution in [0.3, 0.4) is 0 Å². The summed E-state index contributed by atoms with van der Waals surface area (Å²) in [6, 6.07) is 19.1. The van der Waals surface area contributed by atoms with E-state index in [0.717, 1.165) is 15.8 Å². The van der Waals surface area contributed by atoms with Crippen molar-refractivity contribution in [3.63, 3.8) is 0 Å². The standard InChI is InChI=1S/C25H20BrFN2O3S/c1-2-31-21-9-7-20(8-10-21)28-25-29-24(30)23(33-25)14-17-13-18(26)6-11-22(17)32-15-16-4-3-5-19(27)12-16/h3-14H,2,15H2,1H3,(H,28,29,30)/b23-14+. The maximum atomic E-state index is 13.5. The number of amides is 1. The maximum absolute atomic E-state index is 13.5. The van der Waals surface area contributed by atoms with Crippen molar-refractivity contribution in [1.82, 2.24) is 5.32 Å². The number of hydrogen-bond donors (Lipinski definition) is 1. The summed E-state index contributed by atoms with van der Waals surface area (Å²) in [7, 11) is 0. The van der Waals surface area contributed by atoms with Gasteiger partial charge in [-0.25, -0.2) is 9.38 Å². The fraction of sp³-hybridized carbons (Fsp3) is 0.120. The fourth-order valence-corrected chi connectivity index (χ4v) is 4.29. The molecule has 1 saturated heterocycles. The molecule has 33 heavy (non-hydrogen) atoms. The quantitative estimate of drug-likeness (QED) is 0.359. The third-order valence-electron chi connectivity index (χ3n) is 4.57. The van der Waals surface area contributed by atoms with Crippen molar-refractivity contribution in [3.05, 3.63) is 93.1 Å². The maximum Gasteiger partial charge on any atom is 0.264 e. The first-order valence-electron chi connectivity index (χ1n) is 10.2. The Hall–Kier alpha value is -3.10. The molecule has 3 aromatic rings. The Kier molecular flexibility index (Phi) is 7.47. The average Bonchev–Trinajstić information content (AvgIpc) is 3.13. The van der Waals surface area contributed by atoms with E-state index in [2.05, 4.69) is 26.2 Å². The van der Waals surface area contributed by atoms with Gasteiger partial charge in [-0.2, -0.15) is 0 Å². The molecule has 5 nitrogen and oxygen atoms in total. The molecule has 8 heteroatoms. The predicted octanol–water partition coefficient (Wildman–Crippen LogP) is 6.46. The van der Waals surface area contributed by atoms with Crippen molar-refractivity contribution >= 4 is 50.5 Å². The first-order valence-corrected chi connectivity index (χ1v) is 11.8. The Morgan fingerprint density at radius 1 is 1.09 bits per heavy atom. The highest BCUT2D eigenvalue weighted by Crippen LogP contribution is 2.32. The lowest BCUT2D eigenvalue weighted by Crippen LogP contribution is -2.19. The predicted molar refractivity (Wildman–Crippen MR) is 133 cm³/mol. The Labute approximate surface area is 203 Å². The van der Waals surface area contributed by atoms with Gasteiger partial charge in [-0.1, -0.05) is 28.1 Å². The van der Waals surface area contributed by atoms with Gasteiger partial charge in [0.1, 0.15) is 23.9 Å². The van der Waals surface area contributed by atoms with Crippen LogP contribution >= 0.6 is 27.7 Å². The van der Waals surface area contributed by atoms with E-state index in [0.29, 0.717) is 33.7 Å². The number of carbonyl (C=O) groups excluding carboxylic acids is 1. The van der Waals surface area contributed by atoms with Crippen LogP contribution in [0.25, 0.3) is 6.08 Å². The van der Waals surface area contributed by atoms with Gasteiger partial charge >= 0.3 is 0 Å². The first kappa shape index (κ1) is 23.1. The Bertz CT molecular complexity index is 1230. The van der Waals surface area contributed by atoms with Crippen LogP contribution in [0.5, 0.6) is 11.5 Å². The molecule has 1 amide bonds. The summed E-state index contributed by atoms with van der Waals surface area (Å²) < 4.78 is 25.7. The number of aliphatic imine (C=N–C) groups is 1. The molecule has 0 spiro atoms. The second-order valence-corrected chi connectivity index (χ2v) is 8.96. The number of benzene rings is 3. The number of thioether (sulfide) groups is 1. The second-order valence-electron chi connectivity index (χ2n) is 7.01. The molecule has 1 aliphatic rings. The molecule has 0 saturated carbocycles. The Balaban J connectivity index is 1.52. The molecular formula is C25H20BrFN2O3S. The van der Waals surface area contributed by atoms with Gasteiger partial charge in [0, 0.05) is 10.0 Å². The zero-order chi connectivity index (χ0) is 23.2. The summed E-state index contributed by atoms with van der Waals surface area (Å²) in [5, 5.41) is 3.28. The summed E-state index contributed by atoms with van der Waals surface area (Å²) >= 11 is 4.72. The monoisotopic (exact) mass is 526 g/mol. The van der Waals surface area contributed by atoms with Crippen LogP contribution in [0.4, 0.5) is 10.1 Å². The Morgan fingerprint density at radius 3 is 2.67 bits per heavy atom. The minimum absolute atomic E-state index is 0.208. The third-order valence-corrected chi connectivity index (χ3v) is 5.97. The van der Waals surface area contributed by atoms with E-state index in [4.69, 9.17) is 9.47 Å². The summed E-state index contributed by atoms with van der Waals surface area (Å²) in [6.45, 7) is 2.73. The lowest BCUT2D eigenvalue weighted by Gasteiger charge is -2.10. The van der Waals surface area contributed by atoms with Crippen LogP contribution in [-0.2, 0) is 11.4 Å². The zero-order valence-electron chi connectivity index (χ0n) is 17.7. The van der Waals surface area contributed by atoms with Crippen LogP contribution in [-0.4, -0.2) is 17.7 Å². The number of hydrogen-bond acceptors (Lipinski definition) is 5. The highest BCUT2D eigenvalue weighted by atomic mass is 79.9. The van der Waals surface area contributed by atoms with E-state index in [-0.39, 0.29) is 18.3 Å². The van der Waals surface area contributed by atoms with Gasteiger partial charge < -0.3 is 14.8 Å². The van der Waals surface area contributed by atoms with Crippen LogP contribution < -0.4 is 14.8 Å². The molecule has 0 atom stereocenters. The van der Waals surface area contributed by atoms with E-state index in [1.54, 1.807) is 18.2 Å². The molecule has 0 radical (unpaired) electrons. The van der Waals surface area contributed by atoms with E-state index < -0.39 is 0 Å². The molecule has 1 fully saturated rings. The number of rotatable bonds is 7. The highest BCUT2D eigenvalue weighted by Gasteiger charge is 2.24. The van der Waals surface area contributed by atoms with E-state index >= 15 is 0 Å². The number of halogens is 2. The van der Waals surface area contributed by atoms with Gasteiger partial charge in [0.15, 0.2) is 5.17 Å². The van der Waals surface area contributed by atoms with Crippen molar-refractivity contribution in [2.75, 3.05) is 6.61 Å². The molecule has 1 N–H and O–H groups in total. The summed E-state index contributed by atoms with van der Waals surface area (Å²) in [4.78, 5) is 17.5. The molecule has 1 aliphatic heterocycles. The summed E-state index contributed by atoms with van der Waals surface area (Å²) in [5.41, 5.74) is 2.15. The largest absolute Gasteiger partial charge is 0.494 e. The fourth-order valence-electron chi connectivity index (χ4n) is 3.07. The van der Waals surface area contributed by atoms with Crippen LogP contribution in [0.1, 0.15) is 18.1 Å². The Morgan fingerprint density at radius 2 is 1.91 bits per heavy atom. The molecule has 0 aliphatic carbocycles. The van der Waals surface area contributed by atoms with Gasteiger partial charge in [-0.05, 0) is 84.9 Å². The highest BCUT2D eigenvalue weighted by molar-refractivity contribution is 9.10. The average molecular weight is 527 g/mol. The smallest absolute Gasteiger partial charge is 0.264 e. The number of nitrogens with one attached hydrogen (secondary N) is 1. The second kappa shape index (κ2) is 10.7.